The van der Waals surface area contributed by atoms with Crippen LogP contribution < -0.4 is 10.1 Å². The number of rotatable bonds is 9. The highest BCUT2D eigenvalue weighted by Crippen LogP contribution is 2.21. The standard InChI is InChI=1S/C20H28N4O3/c1-26-19-9-3-2-7-17(19)15-23(16-18-8-4-14-27-18)20(25)21-10-5-12-24-13-6-11-22-24/h2-3,6-7,9,11,13,18H,4-5,8,10,12,14-16H2,1H3,(H,21,25). The number of aryl methyl sites for hydroxylation is 1. The van der Waals surface area contributed by atoms with Crippen LogP contribution in [0.2, 0.25) is 0 Å². The van der Waals surface area contributed by atoms with Crippen LogP contribution >= 0.6 is 0 Å². The number of nitrogens with one attached hydrogen (secondary N) is 1. The fourth-order valence-corrected chi connectivity index (χ4v) is 3.27. The Morgan fingerprint density at radius 1 is 1.41 bits per heavy atom. The first-order valence-electron chi connectivity index (χ1n) is 9.50. The van der Waals surface area contributed by atoms with Crippen LogP contribution in [0.1, 0.15) is 24.8 Å². The highest BCUT2D eigenvalue weighted by atomic mass is 16.5. The van der Waals surface area contributed by atoms with Crippen LogP contribution in [-0.4, -0.2) is 53.6 Å². The maximum absolute atomic E-state index is 12.8. The van der Waals surface area contributed by atoms with E-state index in [1.54, 1.807) is 13.3 Å². The summed E-state index contributed by atoms with van der Waals surface area (Å²) in [6.07, 6.45) is 6.67. The lowest BCUT2D eigenvalue weighted by molar-refractivity contribution is 0.0793. The van der Waals surface area contributed by atoms with Gasteiger partial charge in [0.05, 0.1) is 19.8 Å². The number of amides is 2. The topological polar surface area (TPSA) is 68.6 Å². The summed E-state index contributed by atoms with van der Waals surface area (Å²) in [5, 5.41) is 7.20. The molecule has 1 aromatic carbocycles. The maximum atomic E-state index is 12.8. The van der Waals surface area contributed by atoms with Gasteiger partial charge in [-0.05, 0) is 31.4 Å². The molecule has 2 aromatic rings. The third-order valence-corrected chi connectivity index (χ3v) is 4.69. The Labute approximate surface area is 160 Å². The van der Waals surface area contributed by atoms with Crippen molar-refractivity contribution >= 4 is 6.03 Å². The first kappa shape index (κ1) is 19.2. The molecule has 146 valence electrons. The summed E-state index contributed by atoms with van der Waals surface area (Å²) in [6.45, 7) is 3.24. The molecule has 1 N–H and O–H groups in total. The number of ether oxygens (including phenoxy) is 2. The van der Waals surface area contributed by atoms with Crippen LogP contribution in [0.25, 0.3) is 0 Å². The summed E-state index contributed by atoms with van der Waals surface area (Å²) in [6, 6.07) is 9.63. The predicted molar refractivity (Wildman–Crippen MR) is 103 cm³/mol. The lowest BCUT2D eigenvalue weighted by Gasteiger charge is -2.26. The lowest BCUT2D eigenvalue weighted by Crippen LogP contribution is -2.43. The third-order valence-electron chi connectivity index (χ3n) is 4.69. The molecule has 7 heteroatoms. The molecular weight excluding hydrogens is 344 g/mol. The van der Waals surface area contributed by atoms with Crippen LogP contribution in [-0.2, 0) is 17.8 Å². The molecule has 1 aromatic heterocycles. The van der Waals surface area contributed by atoms with Gasteiger partial charge in [-0.2, -0.15) is 5.10 Å². The number of aromatic nitrogens is 2. The molecule has 0 aliphatic carbocycles. The molecule has 1 fully saturated rings. The Hall–Kier alpha value is -2.54. The number of para-hydroxylation sites is 1. The van der Waals surface area contributed by atoms with Gasteiger partial charge in [-0.25, -0.2) is 4.79 Å². The number of hydrogen-bond donors (Lipinski definition) is 1. The Morgan fingerprint density at radius 3 is 3.04 bits per heavy atom. The number of hydrogen-bond acceptors (Lipinski definition) is 4. The van der Waals surface area contributed by atoms with Crippen LogP contribution in [0.15, 0.2) is 42.7 Å². The van der Waals surface area contributed by atoms with Crippen LogP contribution in [0, 0.1) is 0 Å². The van der Waals surface area contributed by atoms with E-state index < -0.39 is 0 Å². The molecule has 27 heavy (non-hydrogen) atoms. The summed E-state index contributed by atoms with van der Waals surface area (Å²) >= 11 is 0. The van der Waals surface area contributed by atoms with E-state index in [9.17, 15) is 4.79 Å². The molecule has 1 unspecified atom stereocenters. The van der Waals surface area contributed by atoms with Crippen molar-refractivity contribution in [1.82, 2.24) is 20.0 Å². The number of carbonyl (C=O) groups is 1. The molecule has 1 saturated heterocycles. The van der Waals surface area contributed by atoms with Crippen LogP contribution in [0.4, 0.5) is 4.79 Å². The van der Waals surface area contributed by atoms with Gasteiger partial charge in [-0.15, -0.1) is 0 Å². The molecule has 2 amide bonds. The van der Waals surface area contributed by atoms with Crippen molar-refractivity contribution in [3.8, 4) is 5.75 Å². The SMILES string of the molecule is COc1ccccc1CN(CC1CCCO1)C(=O)NCCCn1cccn1. The summed E-state index contributed by atoms with van der Waals surface area (Å²) < 4.78 is 13.0. The molecule has 0 spiro atoms. The van der Waals surface area contributed by atoms with Gasteiger partial charge in [0.2, 0.25) is 0 Å². The molecule has 0 bridgehead atoms. The molecule has 1 aliphatic rings. The van der Waals surface area contributed by atoms with E-state index >= 15 is 0 Å². The van der Waals surface area contributed by atoms with Gasteiger partial charge in [0.1, 0.15) is 5.75 Å². The largest absolute Gasteiger partial charge is 0.496 e. The minimum atomic E-state index is -0.0723. The zero-order chi connectivity index (χ0) is 18.9. The molecule has 0 radical (unpaired) electrons. The van der Waals surface area contributed by atoms with E-state index in [1.165, 1.54) is 0 Å². The zero-order valence-corrected chi connectivity index (χ0v) is 15.8. The van der Waals surface area contributed by atoms with E-state index in [4.69, 9.17) is 9.47 Å². The zero-order valence-electron chi connectivity index (χ0n) is 15.8. The maximum Gasteiger partial charge on any atom is 0.317 e. The first-order valence-corrected chi connectivity index (χ1v) is 9.50. The summed E-state index contributed by atoms with van der Waals surface area (Å²) in [7, 11) is 1.65. The van der Waals surface area contributed by atoms with E-state index in [-0.39, 0.29) is 12.1 Å². The van der Waals surface area contributed by atoms with Gasteiger partial charge in [-0.1, -0.05) is 18.2 Å². The first-order chi connectivity index (χ1) is 13.3. The van der Waals surface area contributed by atoms with Gasteiger partial charge in [-0.3, -0.25) is 4.68 Å². The summed E-state index contributed by atoms with van der Waals surface area (Å²) in [5.41, 5.74) is 0.990. The van der Waals surface area contributed by atoms with Crippen molar-refractivity contribution < 1.29 is 14.3 Å². The third kappa shape index (κ3) is 5.72. The highest BCUT2D eigenvalue weighted by Gasteiger charge is 2.23. The average Bonchev–Trinajstić information content (AvgIpc) is 3.39. The number of nitrogens with zero attached hydrogens (tertiary/aromatic N) is 3. The van der Waals surface area contributed by atoms with Crippen LogP contribution in [0.5, 0.6) is 5.75 Å². The van der Waals surface area contributed by atoms with Crippen molar-refractivity contribution in [1.29, 1.82) is 0 Å². The monoisotopic (exact) mass is 372 g/mol. The minimum Gasteiger partial charge on any atom is -0.496 e. The number of carbonyl (C=O) groups excluding carboxylic acids is 1. The summed E-state index contributed by atoms with van der Waals surface area (Å²) in [5.74, 6) is 0.793. The van der Waals surface area contributed by atoms with Gasteiger partial charge >= 0.3 is 6.03 Å². The molecule has 1 atom stereocenters. The second-order valence-electron chi connectivity index (χ2n) is 6.68. The molecule has 3 rings (SSSR count). The number of benzene rings is 1. The van der Waals surface area contributed by atoms with Gasteiger partial charge in [0.25, 0.3) is 0 Å². The van der Waals surface area contributed by atoms with Gasteiger partial charge in [0.15, 0.2) is 0 Å². The summed E-state index contributed by atoms with van der Waals surface area (Å²) in [4.78, 5) is 14.6. The second-order valence-corrected chi connectivity index (χ2v) is 6.68. The quantitative estimate of drug-likeness (QED) is 0.687. The smallest absolute Gasteiger partial charge is 0.317 e. The normalized spacial score (nSPS) is 16.3. The van der Waals surface area contributed by atoms with Gasteiger partial charge in [0, 0.05) is 44.2 Å². The van der Waals surface area contributed by atoms with E-state index in [0.29, 0.717) is 19.6 Å². The minimum absolute atomic E-state index is 0.0723. The molecule has 1 aliphatic heterocycles. The Kier molecular flexibility index (Phi) is 7.10. The Balaban J connectivity index is 1.57. The second kappa shape index (κ2) is 9.97. The fourth-order valence-electron chi connectivity index (χ4n) is 3.27. The van der Waals surface area contributed by atoms with Crippen LogP contribution in [0.3, 0.4) is 0 Å². The molecule has 7 nitrogen and oxygen atoms in total. The molecular formula is C20H28N4O3. The van der Waals surface area contributed by atoms with Crippen molar-refractivity contribution in [2.45, 2.75) is 38.5 Å². The molecule has 2 heterocycles. The van der Waals surface area contributed by atoms with Crippen molar-refractivity contribution in [3.63, 3.8) is 0 Å². The number of methoxy groups -OCH3 is 1. The van der Waals surface area contributed by atoms with Crippen molar-refractivity contribution in [2.24, 2.45) is 0 Å². The average molecular weight is 372 g/mol. The van der Waals surface area contributed by atoms with E-state index in [1.807, 2.05) is 46.1 Å². The number of urea groups is 1. The lowest BCUT2D eigenvalue weighted by atomic mass is 10.1. The fraction of sp³-hybridized carbons (Fsp3) is 0.500. The van der Waals surface area contributed by atoms with Gasteiger partial charge < -0.3 is 19.7 Å². The van der Waals surface area contributed by atoms with E-state index in [2.05, 4.69) is 10.4 Å². The predicted octanol–water partition coefficient (Wildman–Crippen LogP) is 2.67. The van der Waals surface area contributed by atoms with Crippen molar-refractivity contribution in [3.05, 3.63) is 48.3 Å². The van der Waals surface area contributed by atoms with Crippen molar-refractivity contribution in [2.75, 3.05) is 26.8 Å². The Morgan fingerprint density at radius 2 is 2.30 bits per heavy atom. The highest BCUT2D eigenvalue weighted by molar-refractivity contribution is 5.74. The Bertz CT molecular complexity index is 699. The molecule has 0 saturated carbocycles. The van der Waals surface area contributed by atoms with E-state index in [0.717, 1.165) is 43.7 Å².